The van der Waals surface area contributed by atoms with Gasteiger partial charge >= 0.3 is 84.3 Å². The van der Waals surface area contributed by atoms with Crippen LogP contribution < -0.4 is 0 Å². The average molecular weight is 2550 g/mol. The molecule has 0 fully saturated rings. The first-order valence-corrected chi connectivity index (χ1v) is 47.0. The van der Waals surface area contributed by atoms with Gasteiger partial charge in [-0.2, -0.15) is 12.1 Å². The van der Waals surface area contributed by atoms with E-state index in [1.54, 1.807) is 12.4 Å². The molecule has 20 heterocycles. The molecule has 0 atom stereocenters. The second-order valence-corrected chi connectivity index (χ2v) is 33.9. The number of hydrogen-bond acceptors (Lipinski definition) is 10. The van der Waals surface area contributed by atoms with Crippen LogP contribution in [0.4, 0.5) is 0 Å². The minimum atomic E-state index is 0. The summed E-state index contributed by atoms with van der Waals surface area (Å²) in [7, 11) is 0. The minimum Gasteiger partial charge on any atom is -0.401 e. The van der Waals surface area contributed by atoms with Gasteiger partial charge < -0.3 is 76.4 Å². The first-order valence-electron chi connectivity index (χ1n) is 47.0. The molecule has 0 aliphatic carbocycles. The van der Waals surface area contributed by atoms with Crippen LogP contribution in [0.15, 0.2) is 305 Å². The van der Waals surface area contributed by atoms with E-state index in [0.717, 1.165) is 151 Å². The van der Waals surface area contributed by atoms with Crippen molar-refractivity contribution >= 4 is 175 Å². The van der Waals surface area contributed by atoms with E-state index in [9.17, 15) is 0 Å². The zero-order chi connectivity index (χ0) is 92.3. The maximum absolute atomic E-state index is 4.53. The topological polar surface area (TPSA) is 168 Å². The van der Waals surface area contributed by atoms with Gasteiger partial charge in [-0.15, -0.1) is 143 Å². The molecule has 0 radical (unpaired) electrons. The van der Waals surface area contributed by atoms with Crippen LogP contribution in [0.5, 0.6) is 0 Å². The van der Waals surface area contributed by atoms with Crippen molar-refractivity contribution in [3.63, 3.8) is 0 Å². The number of nitrogens with zero attached hydrogens (tertiary/aromatic N) is 18. The monoisotopic (exact) mass is 2550 g/mol. The molecule has 0 saturated heterocycles. The van der Waals surface area contributed by atoms with Crippen LogP contribution in [0.25, 0.3) is 198 Å². The number of rotatable bonds is 8. The Labute approximate surface area is 869 Å². The fraction of sp³-hybridized carbons (Fsp3) is 0.169. The van der Waals surface area contributed by atoms with Gasteiger partial charge in [-0.25, -0.2) is 0 Å². The molecule has 0 N–H and O–H groups in total. The number of aromatic nitrogens is 18. The molecule has 18 aromatic heterocycles. The predicted octanol–water partition coefficient (Wildman–Crippen LogP) is 26.7. The van der Waals surface area contributed by atoms with Crippen molar-refractivity contribution in [2.75, 3.05) is 0 Å². The second-order valence-electron chi connectivity index (χ2n) is 33.9. The molecule has 140 heavy (non-hydrogen) atoms. The molecule has 22 heteroatoms. The molecule has 2 aliphatic rings. The van der Waals surface area contributed by atoms with Gasteiger partial charge in [0.25, 0.3) is 0 Å². The summed E-state index contributed by atoms with van der Waals surface area (Å²) in [5.41, 5.74) is 37.9. The summed E-state index contributed by atoms with van der Waals surface area (Å²) in [6, 6.07) is 106. The summed E-state index contributed by atoms with van der Waals surface area (Å²) in [6.07, 6.45) is 26.8. The quantitative estimate of drug-likeness (QED) is 0.134. The number of aryl methyl sites for hydroxylation is 12. The zero-order valence-corrected chi connectivity index (χ0v) is 87.8. The molecule has 0 saturated carbocycles. The first-order chi connectivity index (χ1) is 67.1. The van der Waals surface area contributed by atoms with E-state index in [2.05, 4.69) is 348 Å². The van der Waals surface area contributed by atoms with E-state index in [1.807, 2.05) is 135 Å². The maximum atomic E-state index is 4.53. The van der Waals surface area contributed by atoms with Gasteiger partial charge in [-0.05, 0) is 254 Å². The molecule has 28 rings (SSSR count). The third-order valence-electron chi connectivity index (χ3n) is 26.1. The standard InChI is InChI=1S/2C19H15N2.2C14H11N2.2C14H13N2.2C12H10N3.4Pt/c2*1-2-21-17-9-6-12-20-19(17)16-11-10-15(13-18(16)21)14-7-4-3-5-8-14;2*1-2-6-12-11(5-1)13-14-10(7-8-15-13)4-3-9-16(12)14;2*1-3-16-12-5-4-8-15-14(12)11-7-6-10(2)9-13(11)16;2*1-2-15-10-4-3-6-14-12(10)9-5-7-13-8-11(9)15;;;;/h2*3-10,12-13H,2H2,1H3;2*1-2,6-8H,3-4,9H2;2*4-6,8-9H,3H2,1-2H3;2*3-4,6-8H,2H2,1H3;;;;/q8*-1;4*+2. The van der Waals surface area contributed by atoms with Crippen LogP contribution in [0, 0.1) is 62.4 Å². The summed E-state index contributed by atoms with van der Waals surface area (Å²) < 4.78 is 18.4. The molecule has 0 unspecified atom stereocenters. The minimum absolute atomic E-state index is 0. The van der Waals surface area contributed by atoms with Crippen LogP contribution >= 0.6 is 0 Å². The fourth-order valence-corrected chi connectivity index (χ4v) is 20.1. The number of hydrogen-bond donors (Lipinski definition) is 0. The van der Waals surface area contributed by atoms with Crippen LogP contribution in [-0.2, 0) is 149 Å². The molecular weight excluding hydrogens is 2450 g/mol. The zero-order valence-electron chi connectivity index (χ0n) is 78.7. The average Bonchev–Trinajstić information content (AvgIpc) is 1.58. The molecule has 0 bridgehead atoms. The van der Waals surface area contributed by atoms with Gasteiger partial charge in [0, 0.05) is 168 Å². The van der Waals surface area contributed by atoms with Crippen LogP contribution in [0.1, 0.15) is 76.6 Å². The van der Waals surface area contributed by atoms with Crippen molar-refractivity contribution in [3.8, 4) is 22.3 Å². The molecule has 26 aromatic rings. The van der Waals surface area contributed by atoms with Gasteiger partial charge in [-0.1, -0.05) is 129 Å². The largest absolute Gasteiger partial charge is 2.00 e. The van der Waals surface area contributed by atoms with E-state index in [-0.39, 0.29) is 84.3 Å². The second kappa shape index (κ2) is 43.8. The van der Waals surface area contributed by atoms with E-state index < -0.39 is 0 Å². The Morgan fingerprint density at radius 1 is 0.250 bits per heavy atom. The molecule has 8 aromatic carbocycles. The summed E-state index contributed by atoms with van der Waals surface area (Å²) in [6.45, 7) is 24.9. The SMILES string of the molecule is CCn1c2cc(-c3ccccc3)c[c-]c2c2ncccc21.CCn1c2cc(-c3ccccc3)c[c-]c2c2ncccc21.CCn1c2cc(C)c[c-]c2c2ncccc21.CCn1c2cc(C)c[c-]c2c2ncccc21.CCn1c2cnc[c-]c2c2ncccc21.CCn1c2cnc[c-]c2c2ncccc21.[Pt+2].[Pt+2].[Pt+2].[Pt+2].[c-]1cccc2c1c1nccc3c1n2CCC3.[c-]1cccc2c1c1nccc3c1n2CCC3. The maximum Gasteiger partial charge on any atom is 2.00 e. The summed E-state index contributed by atoms with van der Waals surface area (Å²) in [4.78, 5) is 44.0. The first kappa shape index (κ1) is 98.0. The summed E-state index contributed by atoms with van der Waals surface area (Å²) >= 11 is 0. The molecular formula is C118H98N18Pt4. The van der Waals surface area contributed by atoms with Crippen molar-refractivity contribution in [2.24, 2.45) is 0 Å². The molecule has 0 spiro atoms. The molecule has 700 valence electrons. The fourth-order valence-electron chi connectivity index (χ4n) is 20.1. The van der Waals surface area contributed by atoms with Crippen molar-refractivity contribution in [3.05, 3.63) is 376 Å². The van der Waals surface area contributed by atoms with Crippen LogP contribution in [0.2, 0.25) is 0 Å². The predicted molar refractivity (Wildman–Crippen MR) is 555 cm³/mol. The van der Waals surface area contributed by atoms with E-state index in [0.29, 0.717) is 0 Å². The van der Waals surface area contributed by atoms with Crippen molar-refractivity contribution < 1.29 is 84.3 Å². The van der Waals surface area contributed by atoms with Crippen LogP contribution in [-0.4, -0.2) is 86.4 Å². The van der Waals surface area contributed by atoms with Gasteiger partial charge in [0.1, 0.15) is 0 Å². The van der Waals surface area contributed by atoms with Gasteiger partial charge in [-0.3, -0.25) is 9.97 Å². The Hall–Kier alpha value is -13.6. The third kappa shape index (κ3) is 18.5. The van der Waals surface area contributed by atoms with Gasteiger partial charge in [0.15, 0.2) is 0 Å². The van der Waals surface area contributed by atoms with Crippen molar-refractivity contribution in [1.29, 1.82) is 0 Å². The number of pyridine rings is 10. The van der Waals surface area contributed by atoms with Gasteiger partial charge in [0.2, 0.25) is 0 Å². The molecule has 2 aliphatic heterocycles. The Balaban J connectivity index is 0.000000110. The summed E-state index contributed by atoms with van der Waals surface area (Å²) in [5, 5.41) is 8.91. The van der Waals surface area contributed by atoms with Crippen molar-refractivity contribution in [1.82, 2.24) is 86.4 Å². The van der Waals surface area contributed by atoms with Gasteiger partial charge in [0.05, 0.1) is 0 Å². The Bertz CT molecular complexity index is 8290. The van der Waals surface area contributed by atoms with Crippen LogP contribution in [0.3, 0.4) is 0 Å². The van der Waals surface area contributed by atoms with E-state index in [1.165, 1.54) is 147 Å². The van der Waals surface area contributed by atoms with E-state index in [4.69, 9.17) is 0 Å². The normalized spacial score (nSPS) is 11.8. The Morgan fingerprint density at radius 3 is 0.850 bits per heavy atom. The molecule has 0 amide bonds. The molecule has 18 nitrogen and oxygen atoms in total. The number of benzene rings is 8. The smallest absolute Gasteiger partial charge is 0.401 e. The van der Waals surface area contributed by atoms with E-state index >= 15 is 0 Å². The van der Waals surface area contributed by atoms with Crippen molar-refractivity contribution in [2.45, 2.75) is 133 Å². The summed E-state index contributed by atoms with van der Waals surface area (Å²) in [5.74, 6) is 0. The Morgan fingerprint density at radius 2 is 0.529 bits per heavy atom. The Kier molecular flexibility index (Phi) is 30.7. The number of fused-ring (bicyclic) bond motifs is 24. The third-order valence-corrected chi connectivity index (χ3v) is 26.1.